The van der Waals surface area contributed by atoms with Crippen molar-refractivity contribution in [3.05, 3.63) is 0 Å². The lowest BCUT2D eigenvalue weighted by atomic mass is 10.1. The number of nitrogens with zero attached hydrogens (tertiary/aromatic N) is 1. The van der Waals surface area contributed by atoms with Crippen molar-refractivity contribution in [3.8, 4) is 0 Å². The Labute approximate surface area is 114 Å². The molecule has 1 saturated heterocycles. The fourth-order valence-corrected chi connectivity index (χ4v) is 3.88. The predicted molar refractivity (Wildman–Crippen MR) is 72.5 cm³/mol. The molecule has 4 heteroatoms. The largest absolute Gasteiger partial charge is 0.305 e. The van der Waals surface area contributed by atoms with Crippen molar-refractivity contribution >= 4 is 11.8 Å². The minimum absolute atomic E-state index is 0.0369. The minimum atomic E-state index is -0.242. The molecule has 1 atom stereocenters. The first-order valence-electron chi connectivity index (χ1n) is 7.85. The van der Waals surface area contributed by atoms with Crippen LogP contribution in [0.5, 0.6) is 0 Å². The number of likely N-dealkylation sites (tertiary alicyclic amines) is 1. The molecule has 19 heavy (non-hydrogen) atoms. The molecule has 4 nitrogen and oxygen atoms in total. The van der Waals surface area contributed by atoms with E-state index in [-0.39, 0.29) is 23.9 Å². The van der Waals surface area contributed by atoms with Crippen molar-refractivity contribution in [2.24, 2.45) is 5.92 Å². The Morgan fingerprint density at radius 3 is 2.32 bits per heavy atom. The van der Waals surface area contributed by atoms with Crippen LogP contribution in [0.1, 0.15) is 57.8 Å². The first-order valence-corrected chi connectivity index (χ1v) is 7.85. The van der Waals surface area contributed by atoms with Crippen molar-refractivity contribution in [3.63, 3.8) is 0 Å². The Kier molecular flexibility index (Phi) is 3.87. The highest BCUT2D eigenvalue weighted by molar-refractivity contribution is 6.05. The van der Waals surface area contributed by atoms with Gasteiger partial charge in [-0.05, 0) is 38.1 Å². The smallest absolute Gasteiger partial charge is 0.247 e. The monoisotopic (exact) mass is 264 g/mol. The van der Waals surface area contributed by atoms with Gasteiger partial charge in [0.2, 0.25) is 11.8 Å². The molecule has 106 valence electrons. The summed E-state index contributed by atoms with van der Waals surface area (Å²) in [6.07, 6.45) is 9.88. The number of rotatable bonds is 4. The average Bonchev–Trinajstić information content (AvgIpc) is 3.09. The zero-order chi connectivity index (χ0) is 13.2. The van der Waals surface area contributed by atoms with Gasteiger partial charge in [0.1, 0.15) is 0 Å². The quantitative estimate of drug-likeness (QED) is 0.788. The maximum atomic E-state index is 12.4. The number of amides is 2. The maximum Gasteiger partial charge on any atom is 0.247 e. The molecule has 0 radical (unpaired) electrons. The minimum Gasteiger partial charge on any atom is -0.305 e. The van der Waals surface area contributed by atoms with Crippen LogP contribution in [0.4, 0.5) is 0 Å². The second-order valence-electron chi connectivity index (χ2n) is 6.36. The van der Waals surface area contributed by atoms with Crippen LogP contribution < -0.4 is 5.32 Å². The summed E-state index contributed by atoms with van der Waals surface area (Å²) in [5.74, 6) is 0.791. The van der Waals surface area contributed by atoms with Crippen LogP contribution in [-0.2, 0) is 9.59 Å². The molecule has 0 aromatic carbocycles. The van der Waals surface area contributed by atoms with Crippen molar-refractivity contribution in [2.45, 2.75) is 69.9 Å². The lowest BCUT2D eigenvalue weighted by Crippen LogP contribution is -2.43. The van der Waals surface area contributed by atoms with Gasteiger partial charge in [-0.1, -0.05) is 25.7 Å². The Balaban J connectivity index is 1.55. The number of carbonyl (C=O) groups excluding carboxylic acids is 2. The van der Waals surface area contributed by atoms with Crippen LogP contribution in [-0.4, -0.2) is 35.3 Å². The van der Waals surface area contributed by atoms with Gasteiger partial charge in [-0.2, -0.15) is 0 Å². The van der Waals surface area contributed by atoms with Crippen molar-refractivity contribution in [2.75, 3.05) is 6.54 Å². The van der Waals surface area contributed by atoms with Crippen LogP contribution >= 0.6 is 0 Å². The number of hydrogen-bond acceptors (Lipinski definition) is 3. The highest BCUT2D eigenvalue weighted by Gasteiger charge is 2.42. The topological polar surface area (TPSA) is 49.4 Å². The predicted octanol–water partition coefficient (Wildman–Crippen LogP) is 1.84. The molecule has 0 aromatic rings. The van der Waals surface area contributed by atoms with E-state index in [0.717, 1.165) is 32.2 Å². The van der Waals surface area contributed by atoms with Gasteiger partial charge in [-0.15, -0.1) is 0 Å². The van der Waals surface area contributed by atoms with Gasteiger partial charge < -0.3 is 5.32 Å². The summed E-state index contributed by atoms with van der Waals surface area (Å²) in [5, 5.41) is 3.35. The van der Waals surface area contributed by atoms with Crippen LogP contribution in [0.25, 0.3) is 0 Å². The van der Waals surface area contributed by atoms with Crippen LogP contribution in [0, 0.1) is 5.92 Å². The van der Waals surface area contributed by atoms with Crippen LogP contribution in [0.15, 0.2) is 0 Å². The highest BCUT2D eigenvalue weighted by atomic mass is 16.2. The Morgan fingerprint density at radius 1 is 1.00 bits per heavy atom. The Hall–Kier alpha value is -0.900. The molecule has 0 bridgehead atoms. The molecule has 2 saturated carbocycles. The first-order chi connectivity index (χ1) is 9.25. The third-order valence-electron chi connectivity index (χ3n) is 5.00. The summed E-state index contributed by atoms with van der Waals surface area (Å²) in [5.41, 5.74) is 0. The maximum absolute atomic E-state index is 12.4. The molecule has 0 aromatic heterocycles. The normalized spacial score (nSPS) is 29.9. The third kappa shape index (κ3) is 2.69. The van der Waals surface area contributed by atoms with Crippen molar-refractivity contribution in [1.29, 1.82) is 0 Å². The van der Waals surface area contributed by atoms with Crippen molar-refractivity contribution in [1.82, 2.24) is 10.2 Å². The summed E-state index contributed by atoms with van der Waals surface area (Å²) in [6, 6.07) is -0.0491. The van der Waals surface area contributed by atoms with E-state index in [4.69, 9.17) is 0 Å². The lowest BCUT2D eigenvalue weighted by Gasteiger charge is -2.22. The average molecular weight is 264 g/mol. The number of carbonyl (C=O) groups is 2. The standard InChI is InChI=1S/C15H24N2O2/c18-14-9-13(16-10-11-5-1-2-6-11)15(19)17(14)12-7-3-4-8-12/h11-13,16H,1-10H2. The molecule has 1 N–H and O–H groups in total. The number of nitrogens with one attached hydrogen (secondary N) is 1. The van der Waals surface area contributed by atoms with Gasteiger partial charge in [-0.3, -0.25) is 14.5 Å². The summed E-state index contributed by atoms with van der Waals surface area (Å²) < 4.78 is 0. The summed E-state index contributed by atoms with van der Waals surface area (Å²) in [6.45, 7) is 0.905. The van der Waals surface area contributed by atoms with Crippen molar-refractivity contribution < 1.29 is 9.59 Å². The van der Waals surface area contributed by atoms with E-state index in [0.29, 0.717) is 12.3 Å². The number of hydrogen-bond donors (Lipinski definition) is 1. The van der Waals surface area contributed by atoms with Crippen LogP contribution in [0.3, 0.4) is 0 Å². The molecule has 3 rings (SSSR count). The molecular formula is C15H24N2O2. The second kappa shape index (κ2) is 5.61. The van der Waals surface area contributed by atoms with Gasteiger partial charge in [0, 0.05) is 6.04 Å². The van der Waals surface area contributed by atoms with E-state index < -0.39 is 0 Å². The van der Waals surface area contributed by atoms with Gasteiger partial charge in [-0.25, -0.2) is 0 Å². The van der Waals surface area contributed by atoms with E-state index in [1.165, 1.54) is 25.7 Å². The van der Waals surface area contributed by atoms with E-state index in [1.807, 2.05) is 0 Å². The van der Waals surface area contributed by atoms with E-state index in [9.17, 15) is 9.59 Å². The summed E-state index contributed by atoms with van der Waals surface area (Å²) in [7, 11) is 0. The first kappa shape index (κ1) is 13.1. The SMILES string of the molecule is O=C1CC(NCC2CCCC2)C(=O)N1C1CCCC1. The molecule has 3 aliphatic rings. The zero-order valence-electron chi connectivity index (χ0n) is 11.6. The van der Waals surface area contributed by atoms with Gasteiger partial charge >= 0.3 is 0 Å². The van der Waals surface area contributed by atoms with E-state index in [2.05, 4.69) is 5.32 Å². The van der Waals surface area contributed by atoms with E-state index >= 15 is 0 Å². The Bertz CT molecular complexity index is 357. The summed E-state index contributed by atoms with van der Waals surface area (Å²) >= 11 is 0. The molecule has 2 amide bonds. The fraction of sp³-hybridized carbons (Fsp3) is 0.867. The zero-order valence-corrected chi connectivity index (χ0v) is 11.6. The highest BCUT2D eigenvalue weighted by Crippen LogP contribution is 2.29. The van der Waals surface area contributed by atoms with Gasteiger partial charge in [0.15, 0.2) is 0 Å². The van der Waals surface area contributed by atoms with Gasteiger partial charge in [0.25, 0.3) is 0 Å². The Morgan fingerprint density at radius 2 is 1.63 bits per heavy atom. The molecule has 3 fully saturated rings. The third-order valence-corrected chi connectivity index (χ3v) is 5.00. The fourth-order valence-electron chi connectivity index (χ4n) is 3.88. The lowest BCUT2D eigenvalue weighted by molar-refractivity contribution is -0.141. The molecule has 1 heterocycles. The number of imide groups is 1. The second-order valence-corrected chi connectivity index (χ2v) is 6.36. The molecule has 1 aliphatic heterocycles. The van der Waals surface area contributed by atoms with Gasteiger partial charge in [0.05, 0.1) is 12.5 Å². The van der Waals surface area contributed by atoms with E-state index in [1.54, 1.807) is 4.90 Å². The summed E-state index contributed by atoms with van der Waals surface area (Å²) in [4.78, 5) is 26.0. The molecule has 0 spiro atoms. The van der Waals surface area contributed by atoms with Crippen LogP contribution in [0.2, 0.25) is 0 Å². The molecular weight excluding hydrogens is 240 g/mol. The molecule has 1 unspecified atom stereocenters. The molecule has 2 aliphatic carbocycles.